The molecular formula is C25H34F2. The fourth-order valence-corrected chi connectivity index (χ4v) is 6.22. The minimum absolute atomic E-state index is 0.218. The fraction of sp³-hybridized carbons (Fsp3) is 0.680. The molecule has 5 unspecified atom stereocenters. The van der Waals surface area contributed by atoms with Crippen LogP contribution in [0.2, 0.25) is 0 Å². The Morgan fingerprint density at radius 2 is 1.81 bits per heavy atom. The van der Waals surface area contributed by atoms with E-state index in [0.717, 1.165) is 49.5 Å². The lowest BCUT2D eigenvalue weighted by Crippen LogP contribution is -2.31. The average molecular weight is 373 g/mol. The van der Waals surface area contributed by atoms with Gasteiger partial charge in [-0.2, -0.15) is 0 Å². The molecule has 0 spiro atoms. The number of fused-ring (bicyclic) bond motifs is 2. The van der Waals surface area contributed by atoms with Crippen molar-refractivity contribution in [2.75, 3.05) is 0 Å². The normalized spacial score (nSPS) is 33.2. The summed E-state index contributed by atoms with van der Waals surface area (Å²) in [6.07, 6.45) is 14.3. The van der Waals surface area contributed by atoms with Crippen LogP contribution in [0.5, 0.6) is 0 Å². The Morgan fingerprint density at radius 3 is 2.63 bits per heavy atom. The predicted molar refractivity (Wildman–Crippen MR) is 108 cm³/mol. The fourth-order valence-electron chi connectivity index (χ4n) is 6.22. The highest BCUT2D eigenvalue weighted by atomic mass is 19.2. The highest BCUT2D eigenvalue weighted by Gasteiger charge is 2.37. The van der Waals surface area contributed by atoms with Crippen molar-refractivity contribution in [1.29, 1.82) is 0 Å². The van der Waals surface area contributed by atoms with E-state index in [-0.39, 0.29) is 5.92 Å². The van der Waals surface area contributed by atoms with Gasteiger partial charge in [0.2, 0.25) is 0 Å². The standard InChI is InChI=1S/C25H34F2/c1-3-4-5-17-7-9-19-14-20(11-10-18(19)13-17)23-15-21-8-6-16(2)12-22(21)24(26)25(23)27/h3,15-20H,1,4-14H2,2H3. The second kappa shape index (κ2) is 8.05. The molecular weight excluding hydrogens is 338 g/mol. The second-order valence-electron chi connectivity index (χ2n) is 9.65. The predicted octanol–water partition coefficient (Wildman–Crippen LogP) is 7.36. The third-order valence-electron chi connectivity index (χ3n) is 7.83. The maximum atomic E-state index is 14.9. The third kappa shape index (κ3) is 3.87. The largest absolute Gasteiger partial charge is 0.203 e. The molecule has 0 saturated heterocycles. The van der Waals surface area contributed by atoms with Crippen molar-refractivity contribution >= 4 is 0 Å². The van der Waals surface area contributed by atoms with Crippen molar-refractivity contribution in [3.05, 3.63) is 47.0 Å². The Kier molecular flexibility index (Phi) is 5.71. The zero-order valence-electron chi connectivity index (χ0n) is 16.8. The number of aryl methyl sites for hydroxylation is 1. The Labute approximate surface area is 163 Å². The SMILES string of the molecule is C=CCCC1CCC2CC(c3cc4c(c(F)c3F)CC(C)CC4)CCC2C1. The lowest BCUT2D eigenvalue weighted by molar-refractivity contribution is 0.114. The quantitative estimate of drug-likeness (QED) is 0.484. The summed E-state index contributed by atoms with van der Waals surface area (Å²) in [5.41, 5.74) is 2.43. The molecule has 3 aliphatic carbocycles. The first-order chi connectivity index (χ1) is 13.1. The number of benzene rings is 1. The van der Waals surface area contributed by atoms with Crippen molar-refractivity contribution < 1.29 is 8.78 Å². The maximum absolute atomic E-state index is 14.9. The summed E-state index contributed by atoms with van der Waals surface area (Å²) in [6, 6.07) is 2.04. The molecule has 0 heterocycles. The van der Waals surface area contributed by atoms with Gasteiger partial charge >= 0.3 is 0 Å². The number of hydrogen-bond acceptors (Lipinski definition) is 0. The van der Waals surface area contributed by atoms with E-state index in [9.17, 15) is 8.78 Å². The highest BCUT2D eigenvalue weighted by Crippen LogP contribution is 2.49. The van der Waals surface area contributed by atoms with E-state index in [1.807, 2.05) is 12.1 Å². The van der Waals surface area contributed by atoms with Crippen LogP contribution in [0.15, 0.2) is 18.7 Å². The van der Waals surface area contributed by atoms with E-state index in [1.165, 1.54) is 32.1 Å². The van der Waals surface area contributed by atoms with Gasteiger partial charge in [0, 0.05) is 0 Å². The Morgan fingerprint density at radius 1 is 1.04 bits per heavy atom. The Bertz CT molecular complexity index is 692. The first-order valence-corrected chi connectivity index (χ1v) is 11.2. The molecule has 148 valence electrons. The van der Waals surface area contributed by atoms with E-state index in [4.69, 9.17) is 0 Å². The molecule has 2 fully saturated rings. The van der Waals surface area contributed by atoms with Crippen molar-refractivity contribution in [1.82, 2.24) is 0 Å². The number of rotatable bonds is 4. The lowest BCUT2D eigenvalue weighted by Gasteiger charge is -2.42. The van der Waals surface area contributed by atoms with Gasteiger partial charge in [0.1, 0.15) is 0 Å². The summed E-state index contributed by atoms with van der Waals surface area (Å²) in [5, 5.41) is 0. The summed E-state index contributed by atoms with van der Waals surface area (Å²) >= 11 is 0. The summed E-state index contributed by atoms with van der Waals surface area (Å²) in [6.45, 7) is 5.99. The van der Waals surface area contributed by atoms with Crippen LogP contribution in [0, 0.1) is 35.3 Å². The van der Waals surface area contributed by atoms with E-state index < -0.39 is 11.6 Å². The van der Waals surface area contributed by atoms with Crippen LogP contribution in [-0.4, -0.2) is 0 Å². The smallest absolute Gasteiger partial charge is 0.162 e. The van der Waals surface area contributed by atoms with Crippen molar-refractivity contribution in [3.8, 4) is 0 Å². The van der Waals surface area contributed by atoms with Crippen LogP contribution < -0.4 is 0 Å². The first-order valence-electron chi connectivity index (χ1n) is 11.2. The van der Waals surface area contributed by atoms with E-state index in [0.29, 0.717) is 29.4 Å². The van der Waals surface area contributed by atoms with E-state index in [2.05, 4.69) is 13.5 Å². The van der Waals surface area contributed by atoms with Gasteiger partial charge in [0.05, 0.1) is 0 Å². The van der Waals surface area contributed by atoms with Crippen molar-refractivity contribution in [2.45, 2.75) is 83.5 Å². The van der Waals surface area contributed by atoms with Gasteiger partial charge in [-0.1, -0.05) is 25.5 Å². The second-order valence-corrected chi connectivity index (χ2v) is 9.65. The number of allylic oxidation sites excluding steroid dienone is 1. The molecule has 0 aliphatic heterocycles. The van der Waals surface area contributed by atoms with Crippen LogP contribution in [0.1, 0.15) is 87.3 Å². The minimum Gasteiger partial charge on any atom is -0.203 e. The zero-order valence-corrected chi connectivity index (χ0v) is 16.8. The first kappa shape index (κ1) is 19.2. The van der Waals surface area contributed by atoms with Crippen molar-refractivity contribution in [3.63, 3.8) is 0 Å². The molecule has 27 heavy (non-hydrogen) atoms. The Balaban J connectivity index is 1.48. The Hall–Kier alpha value is -1.18. The third-order valence-corrected chi connectivity index (χ3v) is 7.83. The van der Waals surface area contributed by atoms with Gasteiger partial charge in [-0.15, -0.1) is 6.58 Å². The van der Waals surface area contributed by atoms with Crippen LogP contribution in [0.4, 0.5) is 8.78 Å². The van der Waals surface area contributed by atoms with Gasteiger partial charge in [0.15, 0.2) is 11.6 Å². The molecule has 0 nitrogen and oxygen atoms in total. The molecule has 0 aromatic heterocycles. The number of hydrogen-bond donors (Lipinski definition) is 0. The molecule has 1 aromatic rings. The van der Waals surface area contributed by atoms with Gasteiger partial charge in [0.25, 0.3) is 0 Å². The highest BCUT2D eigenvalue weighted by molar-refractivity contribution is 5.38. The van der Waals surface area contributed by atoms with Crippen LogP contribution in [0.3, 0.4) is 0 Å². The van der Waals surface area contributed by atoms with Gasteiger partial charge in [-0.25, -0.2) is 8.78 Å². The van der Waals surface area contributed by atoms with Gasteiger partial charge in [-0.3, -0.25) is 0 Å². The number of halogens is 2. The van der Waals surface area contributed by atoms with E-state index >= 15 is 0 Å². The summed E-state index contributed by atoms with van der Waals surface area (Å²) in [4.78, 5) is 0. The summed E-state index contributed by atoms with van der Waals surface area (Å²) < 4.78 is 29.7. The van der Waals surface area contributed by atoms with Crippen molar-refractivity contribution in [2.24, 2.45) is 23.7 Å². The molecule has 0 N–H and O–H groups in total. The molecule has 5 atom stereocenters. The molecule has 1 aromatic carbocycles. The minimum atomic E-state index is -0.538. The molecule has 0 amide bonds. The van der Waals surface area contributed by atoms with E-state index in [1.54, 1.807) is 0 Å². The van der Waals surface area contributed by atoms with Gasteiger partial charge < -0.3 is 0 Å². The van der Waals surface area contributed by atoms with Crippen LogP contribution in [0.25, 0.3) is 0 Å². The monoisotopic (exact) mass is 372 g/mol. The zero-order chi connectivity index (χ0) is 19.0. The van der Waals surface area contributed by atoms with Crippen LogP contribution >= 0.6 is 0 Å². The molecule has 2 saturated carbocycles. The maximum Gasteiger partial charge on any atom is 0.162 e. The summed E-state index contributed by atoms with van der Waals surface area (Å²) in [5.74, 6) is 1.97. The average Bonchev–Trinajstić information content (AvgIpc) is 2.69. The lowest BCUT2D eigenvalue weighted by atomic mass is 9.63. The molecule has 4 rings (SSSR count). The summed E-state index contributed by atoms with van der Waals surface area (Å²) in [7, 11) is 0. The van der Waals surface area contributed by atoms with Gasteiger partial charge in [-0.05, 0) is 110 Å². The van der Waals surface area contributed by atoms with Crippen LogP contribution in [-0.2, 0) is 12.8 Å². The topological polar surface area (TPSA) is 0 Å². The molecule has 0 radical (unpaired) electrons. The molecule has 3 aliphatic rings. The molecule has 0 bridgehead atoms. The molecule has 2 heteroatoms.